The summed E-state index contributed by atoms with van der Waals surface area (Å²) in [7, 11) is -4.42. The Morgan fingerprint density at radius 2 is 1.54 bits per heavy atom. The van der Waals surface area contributed by atoms with Gasteiger partial charge in [-0.1, -0.05) is 63.6 Å². The minimum absolute atomic E-state index is 0. The Kier molecular flexibility index (Phi) is 11.2. The Balaban J connectivity index is 0.00000392. The summed E-state index contributed by atoms with van der Waals surface area (Å²) in [6.45, 7) is 2.19. The molecule has 0 saturated heterocycles. The standard InChI is InChI=1S/C21H28O5S.Na/c1-2-3-4-5-6-7-8-9-17-10-15-20(21(16-17)27(23,24)25)26-19-13-11-18(22)12-14-19;/h10-16,22H,2-9H2,1H3,(H,23,24,25);/q;+1/p-1. The van der Waals surface area contributed by atoms with Crippen molar-refractivity contribution in [3.63, 3.8) is 0 Å². The first kappa shape index (κ1) is 25.0. The van der Waals surface area contributed by atoms with Crippen molar-refractivity contribution in [2.45, 2.75) is 63.2 Å². The second-order valence-electron chi connectivity index (χ2n) is 6.70. The van der Waals surface area contributed by atoms with Crippen LogP contribution in [0.1, 0.15) is 57.4 Å². The third kappa shape index (κ3) is 8.53. The molecular formula is C21H27NaO5S. The monoisotopic (exact) mass is 414 g/mol. The number of unbranched alkanes of at least 4 members (excludes halogenated alkanes) is 6. The SMILES string of the molecule is CCCCCCCCCc1ccc(Oc2ccc([O-])cc2)c(S(=O)(=O)O)c1.[Na+]. The Morgan fingerprint density at radius 3 is 2.14 bits per heavy atom. The summed E-state index contributed by atoms with van der Waals surface area (Å²) in [4.78, 5) is -0.255. The van der Waals surface area contributed by atoms with Gasteiger partial charge >= 0.3 is 29.6 Å². The van der Waals surface area contributed by atoms with E-state index in [-0.39, 0.29) is 46.0 Å². The second-order valence-corrected chi connectivity index (χ2v) is 8.09. The summed E-state index contributed by atoms with van der Waals surface area (Å²) >= 11 is 0. The van der Waals surface area contributed by atoms with Crippen molar-refractivity contribution < 1.29 is 52.4 Å². The van der Waals surface area contributed by atoms with Crippen LogP contribution >= 0.6 is 0 Å². The largest absolute Gasteiger partial charge is 1.00 e. The molecule has 0 heterocycles. The van der Waals surface area contributed by atoms with Crippen LogP contribution in [0.15, 0.2) is 47.4 Å². The van der Waals surface area contributed by atoms with Crippen LogP contribution in [-0.2, 0) is 16.5 Å². The van der Waals surface area contributed by atoms with Gasteiger partial charge in [-0.2, -0.15) is 8.42 Å². The molecule has 0 fully saturated rings. The smallest absolute Gasteiger partial charge is 0.872 e. The fourth-order valence-electron chi connectivity index (χ4n) is 2.91. The molecule has 7 heteroatoms. The van der Waals surface area contributed by atoms with Crippen LogP contribution in [0.4, 0.5) is 0 Å². The first-order chi connectivity index (χ1) is 12.9. The van der Waals surface area contributed by atoms with Crippen molar-refractivity contribution >= 4 is 10.1 Å². The van der Waals surface area contributed by atoms with E-state index in [4.69, 9.17) is 4.74 Å². The average molecular weight is 414 g/mol. The summed E-state index contributed by atoms with van der Waals surface area (Å²) in [5.41, 5.74) is 0.846. The topological polar surface area (TPSA) is 86.7 Å². The van der Waals surface area contributed by atoms with Gasteiger partial charge in [-0.3, -0.25) is 4.55 Å². The number of aryl methyl sites for hydroxylation is 1. The van der Waals surface area contributed by atoms with Gasteiger partial charge in [-0.15, -0.1) is 5.75 Å². The molecule has 0 aliphatic heterocycles. The van der Waals surface area contributed by atoms with Crippen molar-refractivity contribution in [3.05, 3.63) is 48.0 Å². The molecule has 0 unspecified atom stereocenters. The fraction of sp³-hybridized carbons (Fsp3) is 0.429. The predicted molar refractivity (Wildman–Crippen MR) is 104 cm³/mol. The Morgan fingerprint density at radius 1 is 0.929 bits per heavy atom. The van der Waals surface area contributed by atoms with E-state index in [0.29, 0.717) is 5.75 Å². The normalized spacial score (nSPS) is 11.1. The van der Waals surface area contributed by atoms with E-state index >= 15 is 0 Å². The molecule has 0 aliphatic rings. The third-order valence-corrected chi connectivity index (χ3v) is 5.28. The zero-order valence-electron chi connectivity index (χ0n) is 16.7. The maximum absolute atomic E-state index is 11.8. The van der Waals surface area contributed by atoms with Gasteiger partial charge < -0.3 is 9.84 Å². The second kappa shape index (κ2) is 12.5. The van der Waals surface area contributed by atoms with Crippen LogP contribution in [0.25, 0.3) is 0 Å². The molecular weight excluding hydrogens is 387 g/mol. The van der Waals surface area contributed by atoms with Crippen LogP contribution in [0, 0.1) is 0 Å². The molecule has 28 heavy (non-hydrogen) atoms. The van der Waals surface area contributed by atoms with Gasteiger partial charge in [-0.25, -0.2) is 0 Å². The summed E-state index contributed by atoms with van der Waals surface area (Å²) in [5, 5.41) is 11.2. The van der Waals surface area contributed by atoms with E-state index in [1.54, 1.807) is 6.07 Å². The maximum atomic E-state index is 11.8. The van der Waals surface area contributed by atoms with Crippen molar-refractivity contribution in [3.8, 4) is 17.2 Å². The number of ether oxygens (including phenoxy) is 1. The molecule has 1 N–H and O–H groups in total. The van der Waals surface area contributed by atoms with Crippen LogP contribution in [0.3, 0.4) is 0 Å². The van der Waals surface area contributed by atoms with Gasteiger partial charge in [0.1, 0.15) is 16.4 Å². The van der Waals surface area contributed by atoms with E-state index in [9.17, 15) is 18.1 Å². The minimum Gasteiger partial charge on any atom is -0.872 e. The molecule has 148 valence electrons. The zero-order chi connectivity index (χ0) is 19.7. The van der Waals surface area contributed by atoms with Gasteiger partial charge in [0.15, 0.2) is 0 Å². The molecule has 2 aromatic carbocycles. The van der Waals surface area contributed by atoms with Crippen molar-refractivity contribution in [1.29, 1.82) is 0 Å². The van der Waals surface area contributed by atoms with Crippen LogP contribution in [0.5, 0.6) is 17.2 Å². The van der Waals surface area contributed by atoms with Crippen molar-refractivity contribution in [1.82, 2.24) is 0 Å². The van der Waals surface area contributed by atoms with Crippen molar-refractivity contribution in [2.24, 2.45) is 0 Å². The van der Waals surface area contributed by atoms with Crippen LogP contribution < -0.4 is 39.4 Å². The van der Waals surface area contributed by atoms with E-state index in [1.165, 1.54) is 62.4 Å². The minimum atomic E-state index is -4.42. The predicted octanol–water partition coefficient (Wildman–Crippen LogP) is 2.10. The molecule has 0 amide bonds. The summed E-state index contributed by atoms with van der Waals surface area (Å²) in [6, 6.07) is 10.4. The van der Waals surface area contributed by atoms with E-state index < -0.39 is 10.1 Å². The van der Waals surface area contributed by atoms with E-state index in [2.05, 4.69) is 6.92 Å². The molecule has 0 saturated carbocycles. The average Bonchev–Trinajstić information content (AvgIpc) is 2.63. The van der Waals surface area contributed by atoms with E-state index in [1.807, 2.05) is 6.07 Å². The summed E-state index contributed by atoms with van der Waals surface area (Å²) in [6.07, 6.45) is 9.02. The quantitative estimate of drug-likeness (QED) is 0.346. The molecule has 2 rings (SSSR count). The Hall–Kier alpha value is -1.05. The first-order valence-electron chi connectivity index (χ1n) is 9.45. The Labute approximate surface area is 190 Å². The fourth-order valence-corrected chi connectivity index (χ4v) is 3.58. The summed E-state index contributed by atoms with van der Waals surface area (Å²) in [5.74, 6) is 0.209. The Bertz CT molecular complexity index is 819. The van der Waals surface area contributed by atoms with Crippen LogP contribution in [-0.4, -0.2) is 13.0 Å². The van der Waals surface area contributed by atoms with Gasteiger partial charge in [0.2, 0.25) is 0 Å². The van der Waals surface area contributed by atoms with Crippen LogP contribution in [0.2, 0.25) is 0 Å². The van der Waals surface area contributed by atoms with Gasteiger partial charge in [0.05, 0.1) is 0 Å². The van der Waals surface area contributed by atoms with Gasteiger partial charge in [-0.05, 0) is 42.7 Å². The molecule has 5 nitrogen and oxygen atoms in total. The zero-order valence-corrected chi connectivity index (χ0v) is 19.5. The van der Waals surface area contributed by atoms with Gasteiger partial charge in [0.25, 0.3) is 10.1 Å². The van der Waals surface area contributed by atoms with Crippen molar-refractivity contribution in [2.75, 3.05) is 0 Å². The molecule has 2 aromatic rings. The number of benzene rings is 2. The molecule has 0 radical (unpaired) electrons. The maximum Gasteiger partial charge on any atom is 1.00 e. The molecule has 0 aliphatic carbocycles. The van der Waals surface area contributed by atoms with E-state index in [0.717, 1.165) is 24.8 Å². The number of hydrogen-bond donors (Lipinski definition) is 1. The number of hydrogen-bond acceptors (Lipinski definition) is 4. The first-order valence-corrected chi connectivity index (χ1v) is 10.9. The molecule has 0 aromatic heterocycles. The van der Waals surface area contributed by atoms with Gasteiger partial charge in [0, 0.05) is 0 Å². The molecule has 0 spiro atoms. The molecule has 0 atom stereocenters. The summed E-state index contributed by atoms with van der Waals surface area (Å²) < 4.78 is 38.6. The number of rotatable bonds is 11. The third-order valence-electron chi connectivity index (χ3n) is 4.41. The molecule has 0 bridgehead atoms.